The Labute approximate surface area is 145 Å². The molecule has 0 heterocycles. The Morgan fingerprint density at radius 3 is 2.62 bits per heavy atom. The number of methoxy groups -OCH3 is 1. The SMILES string of the molecule is COc1ccc(C(N)=O)c(OCC(=O)Nc2ccc(Br)cc2F)c1. The summed E-state index contributed by atoms with van der Waals surface area (Å²) >= 11 is 3.13. The number of nitrogens with two attached hydrogens (primary N) is 1. The van der Waals surface area contributed by atoms with E-state index in [1.165, 1.54) is 31.4 Å². The van der Waals surface area contributed by atoms with Crippen LogP contribution in [0.5, 0.6) is 11.5 Å². The van der Waals surface area contributed by atoms with E-state index in [-0.39, 0.29) is 17.0 Å². The second-order valence-electron chi connectivity index (χ2n) is 4.69. The minimum absolute atomic E-state index is 0.0209. The molecular formula is C16H14BrFN2O4. The summed E-state index contributed by atoms with van der Waals surface area (Å²) < 4.78 is 24.6. The molecule has 0 atom stereocenters. The fourth-order valence-corrected chi connectivity index (χ4v) is 2.21. The zero-order valence-corrected chi connectivity index (χ0v) is 14.2. The molecule has 0 aliphatic heterocycles. The first-order valence-corrected chi connectivity index (χ1v) is 7.55. The first-order valence-electron chi connectivity index (χ1n) is 6.76. The lowest BCUT2D eigenvalue weighted by Gasteiger charge is -2.12. The lowest BCUT2D eigenvalue weighted by molar-refractivity contribution is -0.118. The number of carbonyl (C=O) groups excluding carboxylic acids is 2. The van der Waals surface area contributed by atoms with Crippen molar-refractivity contribution >= 4 is 33.4 Å². The monoisotopic (exact) mass is 396 g/mol. The number of anilines is 1. The van der Waals surface area contributed by atoms with E-state index >= 15 is 0 Å². The number of halogens is 2. The van der Waals surface area contributed by atoms with Gasteiger partial charge >= 0.3 is 0 Å². The zero-order valence-electron chi connectivity index (χ0n) is 12.6. The van der Waals surface area contributed by atoms with E-state index in [1.54, 1.807) is 12.1 Å². The summed E-state index contributed by atoms with van der Waals surface area (Å²) in [6.45, 7) is -0.428. The number of nitrogens with one attached hydrogen (secondary N) is 1. The van der Waals surface area contributed by atoms with Gasteiger partial charge in [0.25, 0.3) is 11.8 Å². The normalized spacial score (nSPS) is 10.1. The fraction of sp³-hybridized carbons (Fsp3) is 0.125. The molecule has 0 unspecified atom stereocenters. The molecule has 0 fully saturated rings. The van der Waals surface area contributed by atoms with Crippen LogP contribution in [-0.4, -0.2) is 25.5 Å². The van der Waals surface area contributed by atoms with Crippen molar-refractivity contribution in [3.63, 3.8) is 0 Å². The topological polar surface area (TPSA) is 90.7 Å². The maximum atomic E-state index is 13.7. The largest absolute Gasteiger partial charge is 0.497 e. The highest BCUT2D eigenvalue weighted by Crippen LogP contribution is 2.25. The van der Waals surface area contributed by atoms with Crippen LogP contribution < -0.4 is 20.5 Å². The third-order valence-electron chi connectivity index (χ3n) is 3.02. The first kappa shape index (κ1) is 17.7. The smallest absolute Gasteiger partial charge is 0.262 e. The summed E-state index contributed by atoms with van der Waals surface area (Å²) in [6, 6.07) is 8.65. The van der Waals surface area contributed by atoms with Crippen molar-refractivity contribution in [2.75, 3.05) is 19.0 Å². The van der Waals surface area contributed by atoms with Gasteiger partial charge in [0.2, 0.25) is 0 Å². The van der Waals surface area contributed by atoms with Gasteiger partial charge < -0.3 is 20.5 Å². The molecule has 0 radical (unpaired) electrons. The van der Waals surface area contributed by atoms with Gasteiger partial charge in [-0.05, 0) is 30.3 Å². The highest BCUT2D eigenvalue weighted by molar-refractivity contribution is 9.10. The third-order valence-corrected chi connectivity index (χ3v) is 3.51. The molecule has 0 aromatic heterocycles. The van der Waals surface area contributed by atoms with Crippen LogP contribution >= 0.6 is 15.9 Å². The summed E-state index contributed by atoms with van der Waals surface area (Å²) in [6.07, 6.45) is 0. The Kier molecular flexibility index (Phi) is 5.75. The van der Waals surface area contributed by atoms with Crippen LogP contribution in [0.2, 0.25) is 0 Å². The maximum Gasteiger partial charge on any atom is 0.262 e. The number of hydrogen-bond acceptors (Lipinski definition) is 4. The molecule has 0 aliphatic rings. The van der Waals surface area contributed by atoms with Gasteiger partial charge in [0.05, 0.1) is 18.4 Å². The summed E-state index contributed by atoms with van der Waals surface area (Å²) in [5.41, 5.74) is 5.39. The Hall–Kier alpha value is -2.61. The lowest BCUT2D eigenvalue weighted by atomic mass is 10.2. The van der Waals surface area contributed by atoms with Crippen molar-refractivity contribution in [3.8, 4) is 11.5 Å². The van der Waals surface area contributed by atoms with Gasteiger partial charge in [-0.2, -0.15) is 0 Å². The summed E-state index contributed by atoms with van der Waals surface area (Å²) in [5.74, 6) is -1.33. The van der Waals surface area contributed by atoms with E-state index in [4.69, 9.17) is 15.2 Å². The van der Waals surface area contributed by atoms with Crippen molar-refractivity contribution in [2.24, 2.45) is 5.73 Å². The average Bonchev–Trinajstić information content (AvgIpc) is 2.55. The molecule has 8 heteroatoms. The number of ether oxygens (including phenoxy) is 2. The van der Waals surface area contributed by atoms with Gasteiger partial charge in [0, 0.05) is 10.5 Å². The highest BCUT2D eigenvalue weighted by atomic mass is 79.9. The number of primary amides is 1. The molecule has 2 amide bonds. The van der Waals surface area contributed by atoms with Gasteiger partial charge in [-0.1, -0.05) is 15.9 Å². The molecule has 2 aromatic carbocycles. The maximum absolute atomic E-state index is 13.7. The second-order valence-corrected chi connectivity index (χ2v) is 5.60. The van der Waals surface area contributed by atoms with E-state index in [0.717, 1.165) is 0 Å². The van der Waals surface area contributed by atoms with Gasteiger partial charge in [0.15, 0.2) is 6.61 Å². The second kappa shape index (κ2) is 7.78. The summed E-state index contributed by atoms with van der Waals surface area (Å²) in [4.78, 5) is 23.3. The van der Waals surface area contributed by atoms with Crippen LogP contribution in [0.1, 0.15) is 10.4 Å². The molecule has 3 N–H and O–H groups in total. The van der Waals surface area contributed by atoms with E-state index in [0.29, 0.717) is 10.2 Å². The van der Waals surface area contributed by atoms with Crippen LogP contribution in [-0.2, 0) is 4.79 Å². The van der Waals surface area contributed by atoms with Gasteiger partial charge in [-0.25, -0.2) is 4.39 Å². The number of benzene rings is 2. The quantitative estimate of drug-likeness (QED) is 0.785. The van der Waals surface area contributed by atoms with Crippen LogP contribution in [0, 0.1) is 5.82 Å². The van der Waals surface area contributed by atoms with Gasteiger partial charge in [-0.3, -0.25) is 9.59 Å². The van der Waals surface area contributed by atoms with Crippen molar-refractivity contribution in [1.82, 2.24) is 0 Å². The van der Waals surface area contributed by atoms with Crippen LogP contribution in [0.15, 0.2) is 40.9 Å². The Morgan fingerprint density at radius 2 is 2.00 bits per heavy atom. The van der Waals surface area contributed by atoms with E-state index in [1.807, 2.05) is 0 Å². The van der Waals surface area contributed by atoms with E-state index in [2.05, 4.69) is 21.2 Å². The minimum Gasteiger partial charge on any atom is -0.497 e. The van der Waals surface area contributed by atoms with Crippen molar-refractivity contribution in [2.45, 2.75) is 0 Å². The molecule has 6 nitrogen and oxygen atoms in total. The molecule has 0 saturated heterocycles. The van der Waals surface area contributed by atoms with Crippen molar-refractivity contribution in [1.29, 1.82) is 0 Å². The number of carbonyl (C=O) groups is 2. The molecule has 0 spiro atoms. The van der Waals surface area contributed by atoms with Crippen molar-refractivity contribution in [3.05, 3.63) is 52.3 Å². The molecule has 24 heavy (non-hydrogen) atoms. The summed E-state index contributed by atoms with van der Waals surface area (Å²) in [7, 11) is 1.45. The fourth-order valence-electron chi connectivity index (χ4n) is 1.87. The third kappa shape index (κ3) is 4.45. The molecule has 0 saturated carbocycles. The van der Waals surface area contributed by atoms with Crippen LogP contribution in [0.3, 0.4) is 0 Å². The predicted octanol–water partition coefficient (Wildman–Crippen LogP) is 2.71. The minimum atomic E-state index is -0.702. The Morgan fingerprint density at radius 1 is 1.25 bits per heavy atom. The standard InChI is InChI=1S/C16H14BrFN2O4/c1-23-10-3-4-11(16(19)22)14(7-10)24-8-15(21)20-13-5-2-9(17)6-12(13)18/h2-7H,8H2,1H3,(H2,19,22)(H,20,21). The first-order chi connectivity index (χ1) is 11.4. The average molecular weight is 397 g/mol. The molecular weight excluding hydrogens is 383 g/mol. The number of hydrogen-bond donors (Lipinski definition) is 2. The van der Waals surface area contributed by atoms with E-state index in [9.17, 15) is 14.0 Å². The van der Waals surface area contributed by atoms with E-state index < -0.39 is 24.2 Å². The molecule has 126 valence electrons. The van der Waals surface area contributed by atoms with Gasteiger partial charge in [0.1, 0.15) is 17.3 Å². The molecule has 2 aromatic rings. The predicted molar refractivity (Wildman–Crippen MR) is 89.7 cm³/mol. The van der Waals surface area contributed by atoms with Gasteiger partial charge in [-0.15, -0.1) is 0 Å². The molecule has 0 bridgehead atoms. The zero-order chi connectivity index (χ0) is 17.7. The lowest BCUT2D eigenvalue weighted by Crippen LogP contribution is -2.22. The van der Waals surface area contributed by atoms with Crippen LogP contribution in [0.25, 0.3) is 0 Å². The molecule has 2 rings (SSSR count). The van der Waals surface area contributed by atoms with Crippen molar-refractivity contribution < 1.29 is 23.5 Å². The Balaban J connectivity index is 2.07. The summed E-state index contributed by atoms with van der Waals surface area (Å²) in [5, 5.41) is 2.38. The number of rotatable bonds is 6. The molecule has 0 aliphatic carbocycles. The van der Waals surface area contributed by atoms with Crippen LogP contribution in [0.4, 0.5) is 10.1 Å². The highest BCUT2D eigenvalue weighted by Gasteiger charge is 2.13. The Bertz CT molecular complexity index is 783. The number of amides is 2.